The van der Waals surface area contributed by atoms with Gasteiger partial charge in [-0.05, 0) is 25.0 Å². The third-order valence-electron chi connectivity index (χ3n) is 3.69. The Bertz CT molecular complexity index is 672. The highest BCUT2D eigenvalue weighted by Crippen LogP contribution is 2.22. The molecule has 1 aromatic carbocycles. The SMILES string of the molecule is C=CCOc1cccc(NC(=O)[C@@H]2CCCN(S(C)(=O)=O)C2)c1. The molecule has 1 fully saturated rings. The van der Waals surface area contributed by atoms with Crippen molar-refractivity contribution in [2.24, 2.45) is 5.92 Å². The van der Waals surface area contributed by atoms with Crippen LogP contribution in [0, 0.1) is 5.92 Å². The first-order chi connectivity index (χ1) is 10.9. The van der Waals surface area contributed by atoms with E-state index >= 15 is 0 Å². The molecule has 1 aliphatic rings. The molecule has 0 unspecified atom stereocenters. The number of sulfonamides is 1. The zero-order chi connectivity index (χ0) is 16.9. The van der Waals surface area contributed by atoms with Crippen molar-refractivity contribution in [3.05, 3.63) is 36.9 Å². The van der Waals surface area contributed by atoms with Crippen molar-refractivity contribution >= 4 is 21.6 Å². The van der Waals surface area contributed by atoms with E-state index in [2.05, 4.69) is 11.9 Å². The van der Waals surface area contributed by atoms with Gasteiger partial charge in [0.05, 0.1) is 12.2 Å². The van der Waals surface area contributed by atoms with E-state index in [1.54, 1.807) is 30.3 Å². The third kappa shape index (κ3) is 5.07. The molecule has 0 saturated carbocycles. The van der Waals surface area contributed by atoms with Crippen molar-refractivity contribution in [3.8, 4) is 5.75 Å². The Hall–Kier alpha value is -1.86. The maximum Gasteiger partial charge on any atom is 0.228 e. The number of hydrogen-bond acceptors (Lipinski definition) is 4. The van der Waals surface area contributed by atoms with E-state index in [1.807, 2.05) is 0 Å². The number of piperidine rings is 1. The van der Waals surface area contributed by atoms with E-state index in [0.717, 1.165) is 0 Å². The number of amides is 1. The van der Waals surface area contributed by atoms with Gasteiger partial charge in [0.25, 0.3) is 0 Å². The normalized spacial score (nSPS) is 19.1. The molecule has 23 heavy (non-hydrogen) atoms. The number of anilines is 1. The monoisotopic (exact) mass is 338 g/mol. The summed E-state index contributed by atoms with van der Waals surface area (Å²) in [4.78, 5) is 12.4. The number of benzene rings is 1. The van der Waals surface area contributed by atoms with Crippen LogP contribution in [0.5, 0.6) is 5.75 Å². The molecule has 1 saturated heterocycles. The number of nitrogens with one attached hydrogen (secondary N) is 1. The average molecular weight is 338 g/mol. The first kappa shape index (κ1) is 17.5. The van der Waals surface area contributed by atoms with Crippen LogP contribution in [0.2, 0.25) is 0 Å². The Kier molecular flexibility index (Phi) is 5.79. The number of hydrogen-bond donors (Lipinski definition) is 1. The molecule has 7 heteroatoms. The minimum Gasteiger partial charge on any atom is -0.489 e. The number of carbonyl (C=O) groups is 1. The molecule has 2 rings (SSSR count). The van der Waals surface area contributed by atoms with Gasteiger partial charge in [0.2, 0.25) is 15.9 Å². The molecule has 1 amide bonds. The lowest BCUT2D eigenvalue weighted by molar-refractivity contribution is -0.120. The largest absolute Gasteiger partial charge is 0.489 e. The van der Waals surface area contributed by atoms with Crippen molar-refractivity contribution in [2.45, 2.75) is 12.8 Å². The van der Waals surface area contributed by atoms with Crippen molar-refractivity contribution in [1.82, 2.24) is 4.31 Å². The summed E-state index contributed by atoms with van der Waals surface area (Å²) in [5, 5.41) is 2.83. The molecule has 0 bridgehead atoms. The zero-order valence-corrected chi connectivity index (χ0v) is 14.0. The van der Waals surface area contributed by atoms with E-state index in [9.17, 15) is 13.2 Å². The molecule has 0 aromatic heterocycles. The highest BCUT2D eigenvalue weighted by molar-refractivity contribution is 7.88. The summed E-state index contributed by atoms with van der Waals surface area (Å²) in [6.07, 6.45) is 4.19. The molecule has 1 aliphatic heterocycles. The van der Waals surface area contributed by atoms with Gasteiger partial charge in [-0.25, -0.2) is 12.7 Å². The lowest BCUT2D eigenvalue weighted by Crippen LogP contribution is -2.43. The van der Waals surface area contributed by atoms with E-state index in [-0.39, 0.29) is 18.4 Å². The number of carbonyl (C=O) groups excluding carboxylic acids is 1. The standard InChI is InChI=1S/C16H22N2O4S/c1-3-10-22-15-8-4-7-14(11-15)17-16(19)13-6-5-9-18(12-13)23(2,20)21/h3-4,7-8,11,13H,1,5-6,9-10,12H2,2H3,(H,17,19)/t13-/m1/s1. The quantitative estimate of drug-likeness (QED) is 0.803. The summed E-state index contributed by atoms with van der Waals surface area (Å²) >= 11 is 0. The van der Waals surface area contributed by atoms with Crippen molar-refractivity contribution in [1.29, 1.82) is 0 Å². The fourth-order valence-electron chi connectivity index (χ4n) is 2.52. The van der Waals surface area contributed by atoms with Crippen molar-refractivity contribution in [3.63, 3.8) is 0 Å². The molecule has 0 radical (unpaired) electrons. The molecular weight excluding hydrogens is 316 g/mol. The summed E-state index contributed by atoms with van der Waals surface area (Å²) in [6.45, 7) is 4.69. The first-order valence-electron chi connectivity index (χ1n) is 7.50. The molecule has 1 aromatic rings. The third-order valence-corrected chi connectivity index (χ3v) is 4.96. The molecule has 1 atom stereocenters. The van der Waals surface area contributed by atoms with Crippen LogP contribution < -0.4 is 10.1 Å². The van der Waals surface area contributed by atoms with Crippen LogP contribution >= 0.6 is 0 Å². The lowest BCUT2D eigenvalue weighted by Gasteiger charge is -2.30. The average Bonchev–Trinajstić information content (AvgIpc) is 2.52. The van der Waals surface area contributed by atoms with Crippen molar-refractivity contribution in [2.75, 3.05) is 31.3 Å². The van der Waals surface area contributed by atoms with Crippen molar-refractivity contribution < 1.29 is 17.9 Å². The Morgan fingerprint density at radius 3 is 3.00 bits per heavy atom. The second kappa shape index (κ2) is 7.61. The Morgan fingerprint density at radius 2 is 2.30 bits per heavy atom. The van der Waals surface area contributed by atoms with Gasteiger partial charge < -0.3 is 10.1 Å². The fraction of sp³-hybridized carbons (Fsp3) is 0.438. The van der Waals surface area contributed by atoms with Crippen LogP contribution in [0.25, 0.3) is 0 Å². The van der Waals surface area contributed by atoms with Gasteiger partial charge in [-0.1, -0.05) is 18.7 Å². The minimum atomic E-state index is -3.26. The number of rotatable bonds is 6. The zero-order valence-electron chi connectivity index (χ0n) is 13.2. The predicted octanol–water partition coefficient (Wildman–Crippen LogP) is 1.86. The highest BCUT2D eigenvalue weighted by atomic mass is 32.2. The molecular formula is C16H22N2O4S. The predicted molar refractivity (Wildman–Crippen MR) is 89.9 cm³/mol. The van der Waals surface area contributed by atoms with Gasteiger partial charge in [0.1, 0.15) is 12.4 Å². The van der Waals surface area contributed by atoms with Crippen LogP contribution in [-0.2, 0) is 14.8 Å². The van der Waals surface area contributed by atoms with E-state index in [4.69, 9.17) is 4.74 Å². The van der Waals surface area contributed by atoms with Gasteiger partial charge in [0, 0.05) is 24.8 Å². The number of ether oxygens (including phenoxy) is 1. The summed E-state index contributed by atoms with van der Waals surface area (Å²) in [7, 11) is -3.26. The molecule has 6 nitrogen and oxygen atoms in total. The highest BCUT2D eigenvalue weighted by Gasteiger charge is 2.30. The Morgan fingerprint density at radius 1 is 1.52 bits per heavy atom. The Labute approximate surface area is 137 Å². The van der Waals surface area contributed by atoms with Gasteiger partial charge in [-0.3, -0.25) is 4.79 Å². The maximum absolute atomic E-state index is 12.4. The van der Waals surface area contributed by atoms with Crippen LogP contribution in [0.1, 0.15) is 12.8 Å². The summed E-state index contributed by atoms with van der Waals surface area (Å²) in [5.74, 6) is 0.138. The second-order valence-electron chi connectivity index (χ2n) is 5.58. The minimum absolute atomic E-state index is 0.167. The molecule has 0 aliphatic carbocycles. The van der Waals surface area contributed by atoms with E-state index in [1.165, 1.54) is 10.6 Å². The van der Waals surface area contributed by atoms with Gasteiger partial charge in [-0.15, -0.1) is 0 Å². The van der Waals surface area contributed by atoms with Gasteiger partial charge >= 0.3 is 0 Å². The van der Waals surface area contributed by atoms with E-state index in [0.29, 0.717) is 37.4 Å². The summed E-state index contributed by atoms with van der Waals surface area (Å²) in [5.41, 5.74) is 0.632. The van der Waals surface area contributed by atoms with Gasteiger partial charge in [-0.2, -0.15) is 0 Å². The van der Waals surface area contributed by atoms with E-state index < -0.39 is 10.0 Å². The molecule has 0 spiro atoms. The first-order valence-corrected chi connectivity index (χ1v) is 9.34. The van der Waals surface area contributed by atoms with Crippen LogP contribution in [0.4, 0.5) is 5.69 Å². The fourth-order valence-corrected chi connectivity index (χ4v) is 3.43. The van der Waals surface area contributed by atoms with Crippen LogP contribution in [-0.4, -0.2) is 44.6 Å². The lowest BCUT2D eigenvalue weighted by atomic mass is 9.98. The number of nitrogens with zero attached hydrogens (tertiary/aromatic N) is 1. The molecule has 126 valence electrons. The smallest absolute Gasteiger partial charge is 0.228 e. The van der Waals surface area contributed by atoms with Crippen LogP contribution in [0.3, 0.4) is 0 Å². The molecule has 1 N–H and O–H groups in total. The topological polar surface area (TPSA) is 75.7 Å². The summed E-state index contributed by atoms with van der Waals surface area (Å²) < 4.78 is 30.0. The van der Waals surface area contributed by atoms with Gasteiger partial charge in [0.15, 0.2) is 0 Å². The second-order valence-corrected chi connectivity index (χ2v) is 7.56. The molecule has 1 heterocycles. The van der Waals surface area contributed by atoms with Crippen LogP contribution in [0.15, 0.2) is 36.9 Å². The Balaban J connectivity index is 2.00. The maximum atomic E-state index is 12.4. The summed E-state index contributed by atoms with van der Waals surface area (Å²) in [6, 6.07) is 7.09.